The van der Waals surface area contributed by atoms with Crippen molar-refractivity contribution < 1.29 is 9.53 Å². The van der Waals surface area contributed by atoms with E-state index in [2.05, 4.69) is 39.9 Å². The quantitative estimate of drug-likeness (QED) is 0.726. The molecule has 0 aliphatic carbocycles. The van der Waals surface area contributed by atoms with Gasteiger partial charge in [0.1, 0.15) is 5.82 Å². The average molecular weight is 339 g/mol. The summed E-state index contributed by atoms with van der Waals surface area (Å²) in [6, 6.07) is 14.1. The van der Waals surface area contributed by atoms with Crippen LogP contribution in [0, 0.1) is 0 Å². The summed E-state index contributed by atoms with van der Waals surface area (Å²) in [5.41, 5.74) is 1.92. The molecule has 1 atom stereocenters. The van der Waals surface area contributed by atoms with Crippen LogP contribution in [0.2, 0.25) is 0 Å². The first-order chi connectivity index (χ1) is 12.3. The molecule has 2 heterocycles. The van der Waals surface area contributed by atoms with E-state index in [-0.39, 0.29) is 12.0 Å². The minimum Gasteiger partial charge on any atom is -0.376 e. The van der Waals surface area contributed by atoms with Crippen LogP contribution in [0.4, 0.5) is 5.82 Å². The summed E-state index contributed by atoms with van der Waals surface area (Å²) in [6.07, 6.45) is 5.94. The average Bonchev–Trinajstić information content (AvgIpc) is 3.18. The number of carbonyl (C=O) groups excluding carboxylic acids is 1. The van der Waals surface area contributed by atoms with Crippen LogP contribution in [-0.2, 0) is 11.2 Å². The van der Waals surface area contributed by atoms with Gasteiger partial charge in [-0.05, 0) is 43.4 Å². The van der Waals surface area contributed by atoms with Crippen LogP contribution in [0.25, 0.3) is 0 Å². The van der Waals surface area contributed by atoms with E-state index in [1.165, 1.54) is 5.56 Å². The number of hydrogen-bond donors (Lipinski definition) is 2. The van der Waals surface area contributed by atoms with E-state index in [0.717, 1.165) is 44.7 Å². The molecule has 1 amide bonds. The summed E-state index contributed by atoms with van der Waals surface area (Å²) < 4.78 is 5.50. The van der Waals surface area contributed by atoms with Crippen molar-refractivity contribution in [1.82, 2.24) is 10.3 Å². The number of ether oxygens (including phenoxy) is 1. The van der Waals surface area contributed by atoms with Gasteiger partial charge in [0.2, 0.25) is 0 Å². The van der Waals surface area contributed by atoms with Crippen molar-refractivity contribution in [3.8, 4) is 0 Å². The fourth-order valence-corrected chi connectivity index (χ4v) is 2.90. The van der Waals surface area contributed by atoms with Crippen LogP contribution < -0.4 is 10.6 Å². The van der Waals surface area contributed by atoms with Gasteiger partial charge in [0.15, 0.2) is 0 Å². The molecule has 0 spiro atoms. The number of carbonyl (C=O) groups is 1. The van der Waals surface area contributed by atoms with Crippen molar-refractivity contribution in [1.29, 1.82) is 0 Å². The molecule has 1 unspecified atom stereocenters. The van der Waals surface area contributed by atoms with Gasteiger partial charge in [-0.2, -0.15) is 0 Å². The van der Waals surface area contributed by atoms with E-state index in [0.29, 0.717) is 12.1 Å². The second-order valence-corrected chi connectivity index (χ2v) is 6.29. The minimum absolute atomic E-state index is 0.0985. The van der Waals surface area contributed by atoms with Crippen LogP contribution in [-0.4, -0.2) is 36.7 Å². The van der Waals surface area contributed by atoms with Gasteiger partial charge in [-0.3, -0.25) is 4.79 Å². The van der Waals surface area contributed by atoms with Crippen molar-refractivity contribution in [3.05, 3.63) is 59.8 Å². The molecule has 1 aliphatic rings. The number of aromatic nitrogens is 1. The number of nitrogens with zero attached hydrogens (tertiary/aromatic N) is 1. The Hall–Kier alpha value is -2.40. The molecule has 25 heavy (non-hydrogen) atoms. The second-order valence-electron chi connectivity index (χ2n) is 6.29. The van der Waals surface area contributed by atoms with Crippen molar-refractivity contribution in [2.45, 2.75) is 31.8 Å². The fraction of sp³-hybridized carbons (Fsp3) is 0.400. The zero-order valence-corrected chi connectivity index (χ0v) is 14.4. The Morgan fingerprint density at radius 1 is 1.20 bits per heavy atom. The maximum Gasteiger partial charge on any atom is 0.252 e. The summed E-state index contributed by atoms with van der Waals surface area (Å²) in [7, 11) is 0. The highest BCUT2D eigenvalue weighted by Crippen LogP contribution is 2.11. The number of rotatable bonds is 8. The molecule has 1 aromatic carbocycles. The molecule has 5 heteroatoms. The fourth-order valence-electron chi connectivity index (χ4n) is 2.90. The third-order valence-electron chi connectivity index (χ3n) is 4.33. The van der Waals surface area contributed by atoms with Crippen molar-refractivity contribution in [3.63, 3.8) is 0 Å². The number of benzene rings is 1. The van der Waals surface area contributed by atoms with Crippen LogP contribution in [0.5, 0.6) is 0 Å². The lowest BCUT2D eigenvalue weighted by molar-refractivity contribution is 0.0857. The second kappa shape index (κ2) is 9.18. The van der Waals surface area contributed by atoms with Gasteiger partial charge in [-0.25, -0.2) is 4.98 Å². The van der Waals surface area contributed by atoms with Gasteiger partial charge in [0.25, 0.3) is 5.91 Å². The zero-order valence-electron chi connectivity index (χ0n) is 14.4. The third-order valence-corrected chi connectivity index (χ3v) is 4.33. The number of nitrogens with one attached hydrogen (secondary N) is 2. The smallest absolute Gasteiger partial charge is 0.252 e. The number of pyridine rings is 1. The summed E-state index contributed by atoms with van der Waals surface area (Å²) in [4.78, 5) is 16.4. The maximum atomic E-state index is 12.1. The SMILES string of the molecule is O=C(NCC1CCCO1)c1ccc(NCCCc2ccccc2)nc1. The predicted molar refractivity (Wildman–Crippen MR) is 98.8 cm³/mol. The molecular formula is C20H25N3O2. The highest BCUT2D eigenvalue weighted by Gasteiger charge is 2.16. The molecule has 1 saturated heterocycles. The van der Waals surface area contributed by atoms with E-state index in [9.17, 15) is 4.79 Å². The van der Waals surface area contributed by atoms with Crippen molar-refractivity contribution >= 4 is 11.7 Å². The van der Waals surface area contributed by atoms with E-state index < -0.39 is 0 Å². The molecule has 2 aromatic rings. The molecule has 0 bridgehead atoms. The van der Waals surface area contributed by atoms with Gasteiger partial charge >= 0.3 is 0 Å². The molecule has 132 valence electrons. The predicted octanol–water partition coefficient (Wildman–Crippen LogP) is 3.04. The topological polar surface area (TPSA) is 63.2 Å². The normalized spacial score (nSPS) is 16.6. The van der Waals surface area contributed by atoms with Crippen molar-refractivity contribution in [2.75, 3.05) is 25.0 Å². The van der Waals surface area contributed by atoms with Gasteiger partial charge in [-0.1, -0.05) is 30.3 Å². The molecule has 0 saturated carbocycles. The minimum atomic E-state index is -0.0985. The molecule has 1 fully saturated rings. The zero-order chi connectivity index (χ0) is 17.3. The van der Waals surface area contributed by atoms with Crippen molar-refractivity contribution in [2.24, 2.45) is 0 Å². The first kappa shape index (κ1) is 17.4. The summed E-state index contributed by atoms with van der Waals surface area (Å²) in [6.45, 7) is 2.22. The van der Waals surface area contributed by atoms with E-state index in [1.54, 1.807) is 12.3 Å². The summed E-state index contributed by atoms with van der Waals surface area (Å²) >= 11 is 0. The van der Waals surface area contributed by atoms with Crippen LogP contribution in [0.15, 0.2) is 48.7 Å². The highest BCUT2D eigenvalue weighted by atomic mass is 16.5. The Labute approximate surface area is 148 Å². The maximum absolute atomic E-state index is 12.1. The van der Waals surface area contributed by atoms with Gasteiger partial charge < -0.3 is 15.4 Å². The van der Waals surface area contributed by atoms with E-state index >= 15 is 0 Å². The summed E-state index contributed by atoms with van der Waals surface area (Å²) in [5, 5.41) is 6.20. The lowest BCUT2D eigenvalue weighted by atomic mass is 10.1. The molecule has 5 nitrogen and oxygen atoms in total. The number of anilines is 1. The first-order valence-corrected chi connectivity index (χ1v) is 8.95. The van der Waals surface area contributed by atoms with Crippen LogP contribution in [0.1, 0.15) is 35.2 Å². The largest absolute Gasteiger partial charge is 0.376 e. The first-order valence-electron chi connectivity index (χ1n) is 8.95. The molecule has 1 aromatic heterocycles. The standard InChI is InChI=1S/C20H25N3O2/c24-20(23-15-18-9-5-13-25-18)17-10-11-19(22-14-17)21-12-4-8-16-6-2-1-3-7-16/h1-3,6-7,10-11,14,18H,4-5,8-9,12-13,15H2,(H,21,22)(H,23,24). The van der Waals surface area contributed by atoms with E-state index in [4.69, 9.17) is 4.74 Å². The molecule has 3 rings (SSSR count). The Kier molecular flexibility index (Phi) is 6.40. The molecular weight excluding hydrogens is 314 g/mol. The lowest BCUT2D eigenvalue weighted by Crippen LogP contribution is -2.31. The molecule has 2 N–H and O–H groups in total. The molecule has 1 aliphatic heterocycles. The van der Waals surface area contributed by atoms with Crippen LogP contribution >= 0.6 is 0 Å². The number of hydrogen-bond acceptors (Lipinski definition) is 4. The Morgan fingerprint density at radius 3 is 2.80 bits per heavy atom. The Bertz CT molecular complexity index is 652. The third kappa shape index (κ3) is 5.57. The number of amides is 1. The van der Waals surface area contributed by atoms with Crippen LogP contribution in [0.3, 0.4) is 0 Å². The Morgan fingerprint density at radius 2 is 2.08 bits per heavy atom. The lowest BCUT2D eigenvalue weighted by Gasteiger charge is -2.11. The summed E-state index contributed by atoms with van der Waals surface area (Å²) in [5.74, 6) is 0.697. The van der Waals surface area contributed by atoms with Gasteiger partial charge in [0, 0.05) is 25.9 Å². The number of aryl methyl sites for hydroxylation is 1. The monoisotopic (exact) mass is 339 g/mol. The molecule has 0 radical (unpaired) electrons. The highest BCUT2D eigenvalue weighted by molar-refractivity contribution is 5.94. The van der Waals surface area contributed by atoms with Gasteiger partial charge in [0.05, 0.1) is 11.7 Å². The Balaban J connectivity index is 1.38. The van der Waals surface area contributed by atoms with E-state index in [1.807, 2.05) is 12.1 Å². The van der Waals surface area contributed by atoms with Gasteiger partial charge in [-0.15, -0.1) is 0 Å².